The van der Waals surface area contributed by atoms with Crippen molar-refractivity contribution < 1.29 is 14.7 Å². The maximum Gasteiger partial charge on any atom is 0.327 e. The molecule has 15 heavy (non-hydrogen) atoms. The van der Waals surface area contributed by atoms with E-state index in [0.717, 1.165) is 0 Å². The fraction of sp³-hybridized carbons (Fsp3) is 0.625. The molecule has 1 atom stereocenters. The fourth-order valence-corrected chi connectivity index (χ4v) is 1.60. The van der Waals surface area contributed by atoms with E-state index >= 15 is 0 Å². The zero-order valence-corrected chi connectivity index (χ0v) is 9.34. The fourth-order valence-electron chi connectivity index (χ4n) is 0.739. The van der Waals surface area contributed by atoms with E-state index < -0.39 is 12.0 Å². The van der Waals surface area contributed by atoms with Gasteiger partial charge < -0.3 is 16.6 Å². The van der Waals surface area contributed by atoms with Crippen LogP contribution in [-0.2, 0) is 9.59 Å². The van der Waals surface area contributed by atoms with Gasteiger partial charge in [-0.3, -0.25) is 4.79 Å². The summed E-state index contributed by atoms with van der Waals surface area (Å²) in [4.78, 5) is 21.2. The van der Waals surface area contributed by atoms with Gasteiger partial charge in [0.2, 0.25) is 5.91 Å². The average molecular weight is 233 g/mol. The van der Waals surface area contributed by atoms with Crippen LogP contribution in [0.3, 0.4) is 0 Å². The third kappa shape index (κ3) is 9.05. The Bertz CT molecular complexity index is 252. The van der Waals surface area contributed by atoms with Crippen LogP contribution in [0, 0.1) is 11.3 Å². The molecule has 0 saturated heterocycles. The molecule has 1 amide bonds. The van der Waals surface area contributed by atoms with E-state index in [1.54, 1.807) is 0 Å². The second kappa shape index (κ2) is 9.30. The molecule has 0 aliphatic rings. The number of nitrogens with one attached hydrogen (secondary N) is 1. The molecule has 86 valence electrons. The van der Waals surface area contributed by atoms with Gasteiger partial charge in [0.1, 0.15) is 6.04 Å². The highest BCUT2D eigenvalue weighted by Gasteiger charge is 2.17. The number of amides is 1. The molecule has 7 heteroatoms. The van der Waals surface area contributed by atoms with Crippen LogP contribution >= 0.6 is 11.8 Å². The van der Waals surface area contributed by atoms with Gasteiger partial charge >= 0.3 is 5.97 Å². The van der Waals surface area contributed by atoms with E-state index in [9.17, 15) is 9.59 Å². The predicted octanol–water partition coefficient (Wildman–Crippen LogP) is 0.385. The molecule has 5 N–H and O–H groups in total. The summed E-state index contributed by atoms with van der Waals surface area (Å²) in [6.07, 6.45) is 0.386. The van der Waals surface area contributed by atoms with Gasteiger partial charge in [0.25, 0.3) is 0 Å². The van der Waals surface area contributed by atoms with Gasteiger partial charge in [-0.25, -0.2) is 4.79 Å². The summed E-state index contributed by atoms with van der Waals surface area (Å²) >= 11 is 1.34. The zero-order valence-electron chi connectivity index (χ0n) is 8.52. The molecular formula is C8H15N3O3S. The molecule has 0 spiro atoms. The number of hydrogen-bond acceptors (Lipinski definition) is 5. The highest BCUT2D eigenvalue weighted by molar-refractivity contribution is 7.99. The first-order valence-corrected chi connectivity index (χ1v) is 5.18. The van der Waals surface area contributed by atoms with Crippen LogP contribution in [0.5, 0.6) is 0 Å². The lowest BCUT2D eigenvalue weighted by Gasteiger charge is -2.11. The summed E-state index contributed by atoms with van der Waals surface area (Å²) in [7, 11) is 0. The predicted molar refractivity (Wildman–Crippen MR) is 57.8 cm³/mol. The van der Waals surface area contributed by atoms with Gasteiger partial charge in [-0.1, -0.05) is 0 Å². The number of nitrogens with zero attached hydrogens (tertiary/aromatic N) is 1. The van der Waals surface area contributed by atoms with Gasteiger partial charge in [0.15, 0.2) is 0 Å². The summed E-state index contributed by atoms with van der Waals surface area (Å²) in [5, 5.41) is 19.2. The van der Waals surface area contributed by atoms with Crippen LogP contribution in [0.2, 0.25) is 0 Å². The lowest BCUT2D eigenvalue weighted by Crippen LogP contribution is -2.41. The van der Waals surface area contributed by atoms with Crippen molar-refractivity contribution in [1.29, 1.82) is 5.26 Å². The molecule has 0 unspecified atom stereocenters. The second-order valence-corrected chi connectivity index (χ2v) is 3.72. The number of carbonyl (C=O) groups is 2. The summed E-state index contributed by atoms with van der Waals surface area (Å²) in [6.45, 7) is 1.27. The molecule has 0 bridgehead atoms. The SMILES string of the molecule is CC(=O)N[C@@H](CSCCC#N)C(=O)O.N. The molecule has 0 aromatic rings. The van der Waals surface area contributed by atoms with Gasteiger partial charge in [0, 0.05) is 24.9 Å². The average Bonchev–Trinajstić information content (AvgIpc) is 2.09. The number of carboxylic acid groups (broad SMARTS) is 1. The molecule has 0 aliphatic heterocycles. The number of hydrogen-bond donors (Lipinski definition) is 3. The van der Waals surface area contributed by atoms with Crippen LogP contribution in [0.15, 0.2) is 0 Å². The standard InChI is InChI=1S/C8H12N2O3S.H3N/c1-6(11)10-7(8(12)13)5-14-4-2-3-9;/h7H,2,4-5H2,1H3,(H,10,11)(H,12,13);1H3/t7-;/m0./s1. The normalized spacial score (nSPS) is 10.7. The maximum absolute atomic E-state index is 10.6. The molecular weight excluding hydrogens is 218 g/mol. The number of nitriles is 1. The van der Waals surface area contributed by atoms with Crippen LogP contribution in [0.25, 0.3) is 0 Å². The number of rotatable bonds is 6. The molecule has 0 rings (SSSR count). The largest absolute Gasteiger partial charge is 0.480 e. The lowest BCUT2D eigenvalue weighted by atomic mass is 10.3. The Kier molecular flexibility index (Phi) is 10.0. The van der Waals surface area contributed by atoms with Crippen molar-refractivity contribution in [2.45, 2.75) is 19.4 Å². The zero-order chi connectivity index (χ0) is 11.0. The number of carbonyl (C=O) groups excluding carboxylic acids is 1. The quantitative estimate of drug-likeness (QED) is 0.569. The van der Waals surface area contributed by atoms with Gasteiger partial charge in [0.05, 0.1) is 6.07 Å². The third-order valence-electron chi connectivity index (χ3n) is 1.32. The summed E-state index contributed by atoms with van der Waals surface area (Å²) in [5.41, 5.74) is 0. The molecule has 6 nitrogen and oxygen atoms in total. The Balaban J connectivity index is 0. The minimum Gasteiger partial charge on any atom is -0.480 e. The van der Waals surface area contributed by atoms with Crippen molar-refractivity contribution in [1.82, 2.24) is 11.5 Å². The van der Waals surface area contributed by atoms with Crippen LogP contribution < -0.4 is 11.5 Å². The first-order valence-electron chi connectivity index (χ1n) is 4.02. The number of carboxylic acids is 1. The molecule has 0 aliphatic carbocycles. The summed E-state index contributed by atoms with van der Waals surface area (Å²) < 4.78 is 0. The van der Waals surface area contributed by atoms with Crippen molar-refractivity contribution in [3.05, 3.63) is 0 Å². The van der Waals surface area contributed by atoms with Crippen molar-refractivity contribution in [3.8, 4) is 6.07 Å². The number of thioether (sulfide) groups is 1. The van der Waals surface area contributed by atoms with Crippen LogP contribution in [0.1, 0.15) is 13.3 Å². The summed E-state index contributed by atoms with van der Waals surface area (Å²) in [6, 6.07) is 1.09. The van der Waals surface area contributed by atoms with E-state index in [-0.39, 0.29) is 17.8 Å². The van der Waals surface area contributed by atoms with Gasteiger partial charge in [-0.15, -0.1) is 0 Å². The van der Waals surface area contributed by atoms with Crippen LogP contribution in [-0.4, -0.2) is 34.5 Å². The third-order valence-corrected chi connectivity index (χ3v) is 2.38. The molecule has 0 aromatic heterocycles. The van der Waals surface area contributed by atoms with Crippen molar-refractivity contribution in [3.63, 3.8) is 0 Å². The van der Waals surface area contributed by atoms with Crippen molar-refractivity contribution in [2.75, 3.05) is 11.5 Å². The van der Waals surface area contributed by atoms with Crippen LogP contribution in [0.4, 0.5) is 0 Å². The van der Waals surface area contributed by atoms with Crippen molar-refractivity contribution in [2.24, 2.45) is 0 Å². The van der Waals surface area contributed by atoms with E-state index in [1.165, 1.54) is 18.7 Å². The van der Waals surface area contributed by atoms with E-state index in [2.05, 4.69) is 5.32 Å². The molecule has 0 aromatic carbocycles. The smallest absolute Gasteiger partial charge is 0.327 e. The Hall–Kier alpha value is -1.26. The van der Waals surface area contributed by atoms with E-state index in [0.29, 0.717) is 12.2 Å². The molecule has 0 heterocycles. The lowest BCUT2D eigenvalue weighted by molar-refractivity contribution is -0.140. The van der Waals surface area contributed by atoms with Gasteiger partial charge in [-0.2, -0.15) is 17.0 Å². The molecule has 0 radical (unpaired) electrons. The number of aliphatic carboxylic acids is 1. The van der Waals surface area contributed by atoms with E-state index in [1.807, 2.05) is 6.07 Å². The Morgan fingerprint density at radius 3 is 2.60 bits per heavy atom. The highest BCUT2D eigenvalue weighted by atomic mass is 32.2. The minimum atomic E-state index is -1.05. The Morgan fingerprint density at radius 2 is 2.20 bits per heavy atom. The Morgan fingerprint density at radius 1 is 1.60 bits per heavy atom. The minimum absolute atomic E-state index is 0. The molecule has 0 saturated carbocycles. The second-order valence-electron chi connectivity index (χ2n) is 2.57. The van der Waals surface area contributed by atoms with Gasteiger partial charge in [-0.05, 0) is 0 Å². The first-order chi connectivity index (χ1) is 6.57. The summed E-state index contributed by atoms with van der Waals surface area (Å²) in [5.74, 6) is -0.542. The van der Waals surface area contributed by atoms with E-state index in [4.69, 9.17) is 10.4 Å². The monoisotopic (exact) mass is 233 g/mol. The maximum atomic E-state index is 10.6. The van der Waals surface area contributed by atoms with Crippen molar-refractivity contribution >= 4 is 23.6 Å². The Labute approximate surface area is 92.6 Å². The molecule has 0 fully saturated rings. The highest BCUT2D eigenvalue weighted by Crippen LogP contribution is 2.04. The first kappa shape index (κ1) is 16.2. The topological polar surface area (TPSA) is 125 Å².